The quantitative estimate of drug-likeness (QED) is 0.793. The molecular formula is C21H25ClFN3O2. The number of aliphatic hydroxyl groups excluding tert-OH is 1. The number of rotatable bonds is 5. The Labute approximate surface area is 169 Å². The fourth-order valence-electron chi connectivity index (χ4n) is 3.39. The molecule has 3 rings (SSSR count). The summed E-state index contributed by atoms with van der Waals surface area (Å²) in [7, 11) is 0. The molecule has 1 atom stereocenters. The summed E-state index contributed by atoms with van der Waals surface area (Å²) in [5.74, 6) is -0.0201. The molecular weight excluding hydrogens is 381 g/mol. The zero-order chi connectivity index (χ0) is 20.3. The van der Waals surface area contributed by atoms with E-state index in [2.05, 4.69) is 30.2 Å². The highest BCUT2D eigenvalue weighted by atomic mass is 35.5. The molecule has 150 valence electrons. The van der Waals surface area contributed by atoms with Crippen molar-refractivity contribution in [1.82, 2.24) is 15.2 Å². The maximum atomic E-state index is 13.4. The van der Waals surface area contributed by atoms with Crippen LogP contribution in [0.25, 0.3) is 0 Å². The van der Waals surface area contributed by atoms with Crippen LogP contribution < -0.4 is 5.32 Å². The van der Waals surface area contributed by atoms with Crippen LogP contribution in [0.3, 0.4) is 0 Å². The maximum Gasteiger partial charge on any atom is 0.318 e. The summed E-state index contributed by atoms with van der Waals surface area (Å²) < 4.78 is 13.4. The van der Waals surface area contributed by atoms with Gasteiger partial charge >= 0.3 is 6.03 Å². The first kappa shape index (κ1) is 20.6. The number of aliphatic hydroxyl groups is 1. The van der Waals surface area contributed by atoms with E-state index in [0.717, 1.165) is 24.1 Å². The minimum atomic E-state index is -0.652. The fourth-order valence-corrected chi connectivity index (χ4v) is 3.58. The number of carbonyl (C=O) groups excluding carboxylic acids is 1. The molecule has 0 unspecified atom stereocenters. The second kappa shape index (κ2) is 8.88. The average molecular weight is 406 g/mol. The lowest BCUT2D eigenvalue weighted by Gasteiger charge is -2.30. The Hall–Kier alpha value is -2.18. The standard InChI is InChI=1S/C21H25ClFN3O2/c1-13(2)7-17-8-16-11-26(6-5-15(16)10-24-17)21(28)25-20(12-27)14-3-4-19(23)18(22)9-14/h3-4,8-10,13,20,27H,5-7,11-12H2,1-2H3,(H,25,28)/t20-/m1/s1. The molecule has 2 N–H and O–H groups in total. The van der Waals surface area contributed by atoms with E-state index in [0.29, 0.717) is 24.6 Å². The lowest BCUT2D eigenvalue weighted by Crippen LogP contribution is -2.44. The summed E-state index contributed by atoms with van der Waals surface area (Å²) in [5.41, 5.74) is 3.87. The molecule has 0 saturated carbocycles. The predicted molar refractivity (Wildman–Crippen MR) is 107 cm³/mol. The molecule has 0 bridgehead atoms. The number of carbonyl (C=O) groups is 1. The minimum absolute atomic E-state index is 0.0396. The molecule has 2 heterocycles. The molecule has 2 aromatic rings. The highest BCUT2D eigenvalue weighted by Crippen LogP contribution is 2.23. The number of fused-ring (bicyclic) bond motifs is 1. The van der Waals surface area contributed by atoms with E-state index in [1.165, 1.54) is 23.8 Å². The second-order valence-corrected chi connectivity index (χ2v) is 7.98. The second-order valence-electron chi connectivity index (χ2n) is 7.57. The highest BCUT2D eigenvalue weighted by molar-refractivity contribution is 6.30. The van der Waals surface area contributed by atoms with Gasteiger partial charge in [0, 0.05) is 25.0 Å². The summed E-state index contributed by atoms with van der Waals surface area (Å²) >= 11 is 5.82. The molecule has 2 amide bonds. The number of amides is 2. The molecule has 28 heavy (non-hydrogen) atoms. The number of aromatic nitrogens is 1. The van der Waals surface area contributed by atoms with Gasteiger partial charge in [0.2, 0.25) is 0 Å². The molecule has 1 aliphatic rings. The van der Waals surface area contributed by atoms with Gasteiger partial charge in [0.05, 0.1) is 17.7 Å². The van der Waals surface area contributed by atoms with Gasteiger partial charge in [-0.3, -0.25) is 4.98 Å². The van der Waals surface area contributed by atoms with Gasteiger partial charge in [-0.2, -0.15) is 0 Å². The van der Waals surface area contributed by atoms with Gasteiger partial charge in [-0.25, -0.2) is 9.18 Å². The highest BCUT2D eigenvalue weighted by Gasteiger charge is 2.24. The third-order valence-corrected chi connectivity index (χ3v) is 5.17. The van der Waals surface area contributed by atoms with Gasteiger partial charge in [0.25, 0.3) is 0 Å². The van der Waals surface area contributed by atoms with Crippen molar-refractivity contribution in [2.45, 2.75) is 39.3 Å². The van der Waals surface area contributed by atoms with Crippen molar-refractivity contribution < 1.29 is 14.3 Å². The minimum Gasteiger partial charge on any atom is -0.394 e. The lowest BCUT2D eigenvalue weighted by atomic mass is 9.99. The number of hydrogen-bond acceptors (Lipinski definition) is 3. The molecule has 0 aliphatic carbocycles. The van der Waals surface area contributed by atoms with Crippen LogP contribution in [0.2, 0.25) is 5.02 Å². The van der Waals surface area contributed by atoms with E-state index in [1.807, 2.05) is 6.20 Å². The zero-order valence-corrected chi connectivity index (χ0v) is 16.8. The smallest absolute Gasteiger partial charge is 0.318 e. The largest absolute Gasteiger partial charge is 0.394 e. The van der Waals surface area contributed by atoms with Crippen molar-refractivity contribution in [3.05, 3.63) is 63.7 Å². The SMILES string of the molecule is CC(C)Cc1cc2c(cn1)CCN(C(=O)N[C@H](CO)c1ccc(F)c(Cl)c1)C2. The summed E-state index contributed by atoms with van der Waals surface area (Å²) in [5, 5.41) is 12.5. The van der Waals surface area contributed by atoms with Crippen LogP contribution in [0.1, 0.15) is 42.3 Å². The number of halogens is 2. The number of benzene rings is 1. The Balaban J connectivity index is 1.70. The Kier molecular flexibility index (Phi) is 6.52. The van der Waals surface area contributed by atoms with Crippen LogP contribution >= 0.6 is 11.6 Å². The average Bonchev–Trinajstić information content (AvgIpc) is 2.67. The summed E-state index contributed by atoms with van der Waals surface area (Å²) in [6, 6.07) is 5.32. The number of nitrogens with one attached hydrogen (secondary N) is 1. The number of pyridine rings is 1. The van der Waals surface area contributed by atoms with Crippen molar-refractivity contribution in [3.8, 4) is 0 Å². The van der Waals surface area contributed by atoms with Gasteiger partial charge in [0.15, 0.2) is 0 Å². The van der Waals surface area contributed by atoms with E-state index in [4.69, 9.17) is 11.6 Å². The van der Waals surface area contributed by atoms with Crippen LogP contribution in [0.4, 0.5) is 9.18 Å². The number of nitrogens with zero attached hydrogens (tertiary/aromatic N) is 2. The Morgan fingerprint density at radius 3 is 2.82 bits per heavy atom. The van der Waals surface area contributed by atoms with Crippen molar-refractivity contribution >= 4 is 17.6 Å². The predicted octanol–water partition coefficient (Wildman–Crippen LogP) is 3.87. The number of urea groups is 1. The Morgan fingerprint density at radius 2 is 2.14 bits per heavy atom. The summed E-state index contributed by atoms with van der Waals surface area (Å²) in [4.78, 5) is 19.0. The first-order valence-corrected chi connectivity index (χ1v) is 9.83. The van der Waals surface area contributed by atoms with Crippen LogP contribution in [-0.4, -0.2) is 34.2 Å². The lowest BCUT2D eigenvalue weighted by molar-refractivity contribution is 0.177. The van der Waals surface area contributed by atoms with E-state index < -0.39 is 11.9 Å². The van der Waals surface area contributed by atoms with Gasteiger partial charge in [-0.05, 0) is 53.6 Å². The van der Waals surface area contributed by atoms with Gasteiger partial charge < -0.3 is 15.3 Å². The first-order valence-electron chi connectivity index (χ1n) is 9.45. The fraction of sp³-hybridized carbons (Fsp3) is 0.429. The van der Waals surface area contributed by atoms with Gasteiger partial charge in [0.1, 0.15) is 5.82 Å². The van der Waals surface area contributed by atoms with Gasteiger partial charge in [-0.15, -0.1) is 0 Å². The third-order valence-electron chi connectivity index (χ3n) is 4.88. The van der Waals surface area contributed by atoms with Crippen molar-refractivity contribution in [2.75, 3.05) is 13.2 Å². The molecule has 1 aliphatic heterocycles. The van der Waals surface area contributed by atoms with E-state index in [1.54, 1.807) is 4.90 Å². The van der Waals surface area contributed by atoms with E-state index in [9.17, 15) is 14.3 Å². The van der Waals surface area contributed by atoms with E-state index >= 15 is 0 Å². The van der Waals surface area contributed by atoms with E-state index in [-0.39, 0.29) is 17.7 Å². The maximum absolute atomic E-state index is 13.4. The molecule has 0 saturated heterocycles. The number of hydrogen-bond donors (Lipinski definition) is 2. The topological polar surface area (TPSA) is 65.5 Å². The Bertz CT molecular complexity index is 860. The van der Waals surface area contributed by atoms with Crippen molar-refractivity contribution in [2.24, 2.45) is 5.92 Å². The van der Waals surface area contributed by atoms with Crippen LogP contribution in [0.15, 0.2) is 30.5 Å². The summed E-state index contributed by atoms with van der Waals surface area (Å²) in [6.45, 7) is 5.07. The van der Waals surface area contributed by atoms with Crippen molar-refractivity contribution in [3.63, 3.8) is 0 Å². The third kappa shape index (κ3) is 4.80. The van der Waals surface area contributed by atoms with Crippen LogP contribution in [0, 0.1) is 11.7 Å². The van der Waals surface area contributed by atoms with Crippen LogP contribution in [0.5, 0.6) is 0 Å². The molecule has 1 aromatic carbocycles. The van der Waals surface area contributed by atoms with Crippen LogP contribution in [-0.2, 0) is 19.4 Å². The molecule has 0 spiro atoms. The molecule has 7 heteroatoms. The molecule has 0 radical (unpaired) electrons. The Morgan fingerprint density at radius 1 is 1.36 bits per heavy atom. The van der Waals surface area contributed by atoms with Crippen molar-refractivity contribution in [1.29, 1.82) is 0 Å². The monoisotopic (exact) mass is 405 g/mol. The molecule has 5 nitrogen and oxygen atoms in total. The zero-order valence-electron chi connectivity index (χ0n) is 16.1. The first-order chi connectivity index (χ1) is 13.4. The molecule has 0 fully saturated rings. The van der Waals surface area contributed by atoms with Gasteiger partial charge in [-0.1, -0.05) is 31.5 Å². The summed E-state index contributed by atoms with van der Waals surface area (Å²) in [6.07, 6.45) is 3.56. The normalized spacial score (nSPS) is 14.7. The molecule has 1 aromatic heterocycles.